The van der Waals surface area contributed by atoms with Crippen molar-refractivity contribution in [1.82, 2.24) is 0 Å². The molecule has 0 bridgehead atoms. The lowest BCUT2D eigenvalue weighted by Crippen LogP contribution is -2.21. The molecule has 134 valence electrons. The van der Waals surface area contributed by atoms with Gasteiger partial charge in [0.25, 0.3) is 0 Å². The molecule has 0 unspecified atom stereocenters. The van der Waals surface area contributed by atoms with Gasteiger partial charge in [0.05, 0.1) is 19.3 Å². The molecule has 26 heavy (non-hydrogen) atoms. The second-order valence-electron chi connectivity index (χ2n) is 5.71. The molecule has 1 aliphatic carbocycles. The SMILES string of the molecule is CCOC(=O)C1=C(c2ccccc2F)c2ccc(OC)cc2/C1=[N+](/C)[O-]. The third-order valence-electron chi connectivity index (χ3n) is 4.18. The number of nitrogens with zero attached hydrogens (tertiary/aromatic N) is 1. The van der Waals surface area contributed by atoms with Crippen molar-refractivity contribution in [3.63, 3.8) is 0 Å². The molecule has 0 saturated carbocycles. The molecule has 0 N–H and O–H groups in total. The van der Waals surface area contributed by atoms with Crippen LogP contribution < -0.4 is 4.74 Å². The fraction of sp³-hybridized carbons (Fsp3) is 0.200. The van der Waals surface area contributed by atoms with Gasteiger partial charge in [0.2, 0.25) is 5.71 Å². The summed E-state index contributed by atoms with van der Waals surface area (Å²) in [5, 5.41) is 12.3. The van der Waals surface area contributed by atoms with Gasteiger partial charge in [-0.25, -0.2) is 13.9 Å². The van der Waals surface area contributed by atoms with E-state index in [1.807, 2.05) is 0 Å². The van der Waals surface area contributed by atoms with E-state index in [0.29, 0.717) is 27.2 Å². The van der Waals surface area contributed by atoms with Gasteiger partial charge >= 0.3 is 5.97 Å². The molecule has 1 aliphatic rings. The highest BCUT2D eigenvalue weighted by molar-refractivity contribution is 6.35. The van der Waals surface area contributed by atoms with Crippen LogP contribution in [0.5, 0.6) is 5.75 Å². The zero-order valence-corrected chi connectivity index (χ0v) is 14.7. The summed E-state index contributed by atoms with van der Waals surface area (Å²) in [6.07, 6.45) is 0. The van der Waals surface area contributed by atoms with E-state index in [2.05, 4.69) is 0 Å². The van der Waals surface area contributed by atoms with Crippen LogP contribution in [0.2, 0.25) is 0 Å². The highest BCUT2D eigenvalue weighted by atomic mass is 19.1. The average Bonchev–Trinajstić information content (AvgIpc) is 2.96. The van der Waals surface area contributed by atoms with Gasteiger partial charge in [-0.15, -0.1) is 0 Å². The molecule has 0 amide bonds. The second kappa shape index (κ2) is 7.00. The highest BCUT2D eigenvalue weighted by Gasteiger charge is 2.39. The second-order valence-corrected chi connectivity index (χ2v) is 5.71. The number of fused-ring (bicyclic) bond motifs is 1. The summed E-state index contributed by atoms with van der Waals surface area (Å²) >= 11 is 0. The van der Waals surface area contributed by atoms with E-state index in [-0.39, 0.29) is 23.5 Å². The van der Waals surface area contributed by atoms with Crippen LogP contribution in [-0.2, 0) is 9.53 Å². The smallest absolute Gasteiger partial charge is 0.345 e. The predicted octanol–water partition coefficient (Wildman–Crippen LogP) is 3.14. The lowest BCUT2D eigenvalue weighted by molar-refractivity contribution is -0.421. The van der Waals surface area contributed by atoms with Gasteiger partial charge in [0, 0.05) is 11.1 Å². The number of rotatable bonds is 4. The summed E-state index contributed by atoms with van der Waals surface area (Å²) in [5.74, 6) is -0.624. The first kappa shape index (κ1) is 17.7. The summed E-state index contributed by atoms with van der Waals surface area (Å²) in [7, 11) is 2.80. The Balaban J connectivity index is 2.39. The van der Waals surface area contributed by atoms with Gasteiger partial charge in [-0.05, 0) is 36.8 Å². The number of hydroxylamine groups is 1. The van der Waals surface area contributed by atoms with E-state index >= 15 is 0 Å². The first-order valence-electron chi connectivity index (χ1n) is 8.12. The van der Waals surface area contributed by atoms with Gasteiger partial charge in [-0.1, -0.05) is 18.2 Å². The zero-order chi connectivity index (χ0) is 18.8. The van der Waals surface area contributed by atoms with Crippen LogP contribution in [0.15, 0.2) is 48.0 Å². The minimum Gasteiger partial charge on any atom is -0.624 e. The van der Waals surface area contributed by atoms with Gasteiger partial charge in [-0.3, -0.25) is 0 Å². The molecule has 3 rings (SSSR count). The molecular formula is C20H18FNO4. The monoisotopic (exact) mass is 355 g/mol. The Labute approximate surface area is 150 Å². The van der Waals surface area contributed by atoms with Gasteiger partial charge in [0.1, 0.15) is 24.2 Å². The summed E-state index contributed by atoms with van der Waals surface area (Å²) in [4.78, 5) is 12.7. The number of carbonyl (C=O) groups excluding carboxylic acids is 1. The molecule has 0 heterocycles. The maximum absolute atomic E-state index is 14.5. The van der Waals surface area contributed by atoms with Crippen LogP contribution in [0.1, 0.15) is 23.6 Å². The maximum atomic E-state index is 14.5. The molecule has 0 aromatic heterocycles. The third kappa shape index (κ3) is 2.83. The van der Waals surface area contributed by atoms with E-state index < -0.39 is 11.8 Å². The van der Waals surface area contributed by atoms with Crippen molar-refractivity contribution in [3.8, 4) is 5.75 Å². The first-order valence-corrected chi connectivity index (χ1v) is 8.12. The fourth-order valence-electron chi connectivity index (χ4n) is 3.12. The van der Waals surface area contributed by atoms with E-state index in [1.54, 1.807) is 43.3 Å². The number of hydrogen-bond acceptors (Lipinski definition) is 4. The number of halogens is 1. The lowest BCUT2D eigenvalue weighted by atomic mass is 9.97. The van der Waals surface area contributed by atoms with Crippen LogP contribution in [0.3, 0.4) is 0 Å². The number of benzene rings is 2. The van der Waals surface area contributed by atoms with E-state index in [4.69, 9.17) is 9.47 Å². The fourth-order valence-corrected chi connectivity index (χ4v) is 3.12. The Bertz CT molecular complexity index is 943. The number of hydrogen-bond donors (Lipinski definition) is 0. The van der Waals surface area contributed by atoms with Crippen molar-refractivity contribution < 1.29 is 23.4 Å². The van der Waals surface area contributed by atoms with Crippen molar-refractivity contribution >= 4 is 17.3 Å². The Morgan fingerprint density at radius 3 is 2.50 bits per heavy atom. The quantitative estimate of drug-likeness (QED) is 0.366. The predicted molar refractivity (Wildman–Crippen MR) is 95.7 cm³/mol. The van der Waals surface area contributed by atoms with Gasteiger partial charge in [-0.2, -0.15) is 0 Å². The van der Waals surface area contributed by atoms with Gasteiger partial charge in [0.15, 0.2) is 0 Å². The Hall–Kier alpha value is -3.15. The maximum Gasteiger partial charge on any atom is 0.345 e. The molecule has 2 aromatic rings. The van der Waals surface area contributed by atoms with E-state index in [9.17, 15) is 14.4 Å². The van der Waals surface area contributed by atoms with E-state index in [0.717, 1.165) is 0 Å². The molecular weight excluding hydrogens is 337 g/mol. The van der Waals surface area contributed by atoms with Crippen molar-refractivity contribution in [3.05, 3.63) is 75.8 Å². The minimum absolute atomic E-state index is 0.0534. The van der Waals surface area contributed by atoms with Crippen LogP contribution in [0.25, 0.3) is 5.57 Å². The van der Waals surface area contributed by atoms with Crippen LogP contribution in [0.4, 0.5) is 4.39 Å². The molecule has 0 saturated heterocycles. The number of methoxy groups -OCH3 is 1. The summed E-state index contributed by atoms with van der Waals surface area (Å²) < 4.78 is 25.5. The van der Waals surface area contributed by atoms with Crippen LogP contribution in [-0.4, -0.2) is 37.2 Å². The zero-order valence-electron chi connectivity index (χ0n) is 14.7. The summed E-state index contributed by atoms with van der Waals surface area (Å²) in [6, 6.07) is 11.2. The Morgan fingerprint density at radius 2 is 1.88 bits per heavy atom. The molecule has 6 heteroatoms. The van der Waals surface area contributed by atoms with Crippen molar-refractivity contribution in [2.75, 3.05) is 20.8 Å². The number of carbonyl (C=O) groups is 1. The Morgan fingerprint density at radius 1 is 1.15 bits per heavy atom. The van der Waals surface area contributed by atoms with Gasteiger partial charge < -0.3 is 14.7 Å². The summed E-state index contributed by atoms with van der Waals surface area (Å²) in [5.41, 5.74) is 1.85. The largest absolute Gasteiger partial charge is 0.624 e. The van der Waals surface area contributed by atoms with Crippen molar-refractivity contribution in [2.24, 2.45) is 0 Å². The van der Waals surface area contributed by atoms with Crippen LogP contribution in [0, 0.1) is 11.0 Å². The standard InChI is InChI=1S/C20H18FNO4/c1-4-26-20(23)18-17(14-7-5-6-8-16(14)21)13-10-9-12(25-3)11-15(13)19(18)22(2)24/h5-11H,4H2,1-3H3/b22-19+. The highest BCUT2D eigenvalue weighted by Crippen LogP contribution is 2.40. The number of ether oxygens (including phenoxy) is 2. The molecule has 5 nitrogen and oxygen atoms in total. The molecule has 0 aliphatic heterocycles. The topological polar surface area (TPSA) is 61.6 Å². The van der Waals surface area contributed by atoms with Crippen molar-refractivity contribution in [1.29, 1.82) is 0 Å². The van der Waals surface area contributed by atoms with Crippen molar-refractivity contribution in [2.45, 2.75) is 6.92 Å². The molecule has 0 fully saturated rings. The van der Waals surface area contributed by atoms with E-state index in [1.165, 1.54) is 20.2 Å². The summed E-state index contributed by atoms with van der Waals surface area (Å²) in [6.45, 7) is 1.81. The molecule has 2 aromatic carbocycles. The third-order valence-corrected chi connectivity index (χ3v) is 4.18. The lowest BCUT2D eigenvalue weighted by Gasteiger charge is -2.09. The number of esters is 1. The minimum atomic E-state index is -0.668. The molecule has 0 spiro atoms. The van der Waals surface area contributed by atoms with Crippen LogP contribution >= 0.6 is 0 Å². The molecule has 0 atom stereocenters. The normalized spacial score (nSPS) is 14.9. The Kier molecular flexibility index (Phi) is 4.75. The first-order chi connectivity index (χ1) is 12.5. The average molecular weight is 355 g/mol. The molecule has 0 radical (unpaired) electrons.